The van der Waals surface area contributed by atoms with E-state index < -0.39 is 0 Å². The quantitative estimate of drug-likeness (QED) is 0.780. The highest BCUT2D eigenvalue weighted by molar-refractivity contribution is 9.10. The molecule has 0 atom stereocenters. The van der Waals surface area contributed by atoms with Crippen LogP contribution in [0.15, 0.2) is 16.6 Å². The number of hydrogen-bond acceptors (Lipinski definition) is 3. The smallest absolute Gasteiger partial charge is 0.176 e. The number of halogens is 1. The fourth-order valence-corrected chi connectivity index (χ4v) is 2.18. The SMILES string of the molecule is CC#CCOc1c(Br)cc(CNCC)cc1OCC. The standard InChI is InChI=1S/C15H20BrNO2/c1-4-7-8-19-15-13(16)9-12(11-17-5-2)10-14(15)18-6-3/h9-10,17H,5-6,8,11H2,1-3H3. The van der Waals surface area contributed by atoms with E-state index in [1.807, 2.05) is 19.1 Å². The molecule has 0 unspecified atom stereocenters. The van der Waals surface area contributed by atoms with Crippen LogP contribution in [0.2, 0.25) is 0 Å². The van der Waals surface area contributed by atoms with Gasteiger partial charge in [-0.2, -0.15) is 0 Å². The molecular weight excluding hydrogens is 306 g/mol. The molecular formula is C15H20BrNO2. The van der Waals surface area contributed by atoms with Crippen molar-refractivity contribution in [3.63, 3.8) is 0 Å². The zero-order valence-electron chi connectivity index (χ0n) is 11.7. The number of ether oxygens (including phenoxy) is 2. The maximum Gasteiger partial charge on any atom is 0.176 e. The second-order valence-electron chi connectivity index (χ2n) is 3.83. The molecule has 0 aliphatic carbocycles. The van der Waals surface area contributed by atoms with Crippen molar-refractivity contribution in [2.24, 2.45) is 0 Å². The lowest BCUT2D eigenvalue weighted by Crippen LogP contribution is -2.12. The Bertz CT molecular complexity index is 463. The number of nitrogens with one attached hydrogen (secondary N) is 1. The molecule has 1 rings (SSSR count). The van der Waals surface area contributed by atoms with Crippen LogP contribution < -0.4 is 14.8 Å². The average Bonchev–Trinajstić information content (AvgIpc) is 2.40. The molecule has 0 aromatic heterocycles. The first-order chi connectivity index (χ1) is 9.22. The zero-order valence-corrected chi connectivity index (χ0v) is 13.3. The van der Waals surface area contributed by atoms with Gasteiger partial charge in [0.1, 0.15) is 6.61 Å². The third-order valence-electron chi connectivity index (χ3n) is 2.41. The molecule has 0 amide bonds. The van der Waals surface area contributed by atoms with Crippen molar-refractivity contribution in [2.45, 2.75) is 27.3 Å². The molecule has 0 aliphatic heterocycles. The van der Waals surface area contributed by atoms with Crippen LogP contribution >= 0.6 is 15.9 Å². The van der Waals surface area contributed by atoms with Crippen LogP contribution in [0.25, 0.3) is 0 Å². The summed E-state index contributed by atoms with van der Waals surface area (Å²) in [5.74, 6) is 7.15. The van der Waals surface area contributed by atoms with E-state index in [0.29, 0.717) is 19.0 Å². The second kappa shape index (κ2) is 8.84. The Balaban J connectivity index is 2.95. The summed E-state index contributed by atoms with van der Waals surface area (Å²) in [4.78, 5) is 0. The molecule has 0 aliphatic rings. The molecule has 1 aromatic carbocycles. The minimum Gasteiger partial charge on any atom is -0.490 e. The maximum absolute atomic E-state index is 5.65. The van der Waals surface area contributed by atoms with Crippen LogP contribution in [0.1, 0.15) is 26.3 Å². The lowest BCUT2D eigenvalue weighted by Gasteiger charge is -2.14. The Morgan fingerprint density at radius 2 is 2.05 bits per heavy atom. The van der Waals surface area contributed by atoms with Gasteiger partial charge in [0.05, 0.1) is 11.1 Å². The number of rotatable bonds is 7. The minimum atomic E-state index is 0.363. The predicted octanol–water partition coefficient (Wildman–Crippen LogP) is 3.36. The van der Waals surface area contributed by atoms with E-state index in [4.69, 9.17) is 9.47 Å². The Morgan fingerprint density at radius 1 is 1.26 bits per heavy atom. The van der Waals surface area contributed by atoms with Crippen LogP contribution in [-0.2, 0) is 6.54 Å². The van der Waals surface area contributed by atoms with E-state index in [0.717, 1.165) is 28.9 Å². The van der Waals surface area contributed by atoms with Gasteiger partial charge in [-0.25, -0.2) is 0 Å². The summed E-state index contributed by atoms with van der Waals surface area (Å²) < 4.78 is 12.2. The third-order valence-corrected chi connectivity index (χ3v) is 3.00. The second-order valence-corrected chi connectivity index (χ2v) is 4.69. The van der Waals surface area contributed by atoms with Gasteiger partial charge >= 0.3 is 0 Å². The van der Waals surface area contributed by atoms with Gasteiger partial charge in [-0.3, -0.25) is 0 Å². The van der Waals surface area contributed by atoms with Crippen LogP contribution in [0, 0.1) is 11.8 Å². The van der Waals surface area contributed by atoms with Crippen molar-refractivity contribution < 1.29 is 9.47 Å². The topological polar surface area (TPSA) is 30.5 Å². The summed E-state index contributed by atoms with van der Waals surface area (Å²) in [5.41, 5.74) is 1.16. The predicted molar refractivity (Wildman–Crippen MR) is 81.6 cm³/mol. The molecule has 1 N–H and O–H groups in total. The number of hydrogen-bond donors (Lipinski definition) is 1. The van der Waals surface area contributed by atoms with Crippen LogP contribution in [-0.4, -0.2) is 19.8 Å². The fourth-order valence-electron chi connectivity index (χ4n) is 1.58. The Hall–Kier alpha value is -1.18. The first kappa shape index (κ1) is 15.9. The fraction of sp³-hybridized carbons (Fsp3) is 0.467. The highest BCUT2D eigenvalue weighted by atomic mass is 79.9. The van der Waals surface area contributed by atoms with Crippen molar-refractivity contribution in [3.8, 4) is 23.3 Å². The monoisotopic (exact) mass is 325 g/mol. The summed E-state index contributed by atoms with van der Waals surface area (Å²) in [6.07, 6.45) is 0. The molecule has 0 spiro atoms. The van der Waals surface area contributed by atoms with E-state index in [2.05, 4.69) is 40.0 Å². The van der Waals surface area contributed by atoms with Gasteiger partial charge in [0, 0.05) is 6.54 Å². The van der Waals surface area contributed by atoms with Crippen molar-refractivity contribution in [1.82, 2.24) is 5.32 Å². The molecule has 0 fully saturated rings. The van der Waals surface area contributed by atoms with Crippen molar-refractivity contribution >= 4 is 15.9 Å². The highest BCUT2D eigenvalue weighted by Crippen LogP contribution is 2.36. The van der Waals surface area contributed by atoms with Crippen LogP contribution in [0.3, 0.4) is 0 Å². The summed E-state index contributed by atoms with van der Waals surface area (Å²) >= 11 is 3.53. The molecule has 0 radical (unpaired) electrons. The van der Waals surface area contributed by atoms with Gasteiger partial charge < -0.3 is 14.8 Å². The molecule has 0 heterocycles. The molecule has 4 heteroatoms. The Labute approximate surface area is 123 Å². The first-order valence-corrected chi connectivity index (χ1v) is 7.20. The average molecular weight is 326 g/mol. The van der Waals surface area contributed by atoms with Crippen molar-refractivity contribution in [2.75, 3.05) is 19.8 Å². The lowest BCUT2D eigenvalue weighted by atomic mass is 10.2. The molecule has 104 valence electrons. The lowest BCUT2D eigenvalue weighted by molar-refractivity contribution is 0.297. The van der Waals surface area contributed by atoms with Gasteiger partial charge in [0.15, 0.2) is 11.5 Å². The van der Waals surface area contributed by atoms with E-state index >= 15 is 0 Å². The van der Waals surface area contributed by atoms with Crippen molar-refractivity contribution in [1.29, 1.82) is 0 Å². The summed E-state index contributed by atoms with van der Waals surface area (Å²) in [5, 5.41) is 3.29. The van der Waals surface area contributed by atoms with Crippen molar-refractivity contribution in [3.05, 3.63) is 22.2 Å². The minimum absolute atomic E-state index is 0.363. The van der Waals surface area contributed by atoms with Gasteiger partial charge in [-0.05, 0) is 54.0 Å². The largest absolute Gasteiger partial charge is 0.490 e. The van der Waals surface area contributed by atoms with E-state index in [1.54, 1.807) is 6.92 Å². The normalized spacial score (nSPS) is 9.68. The van der Waals surface area contributed by atoms with Crippen LogP contribution in [0.5, 0.6) is 11.5 Å². The summed E-state index contributed by atoms with van der Waals surface area (Å²) in [7, 11) is 0. The van der Waals surface area contributed by atoms with Gasteiger partial charge in [-0.15, -0.1) is 5.92 Å². The molecule has 0 saturated heterocycles. The third kappa shape index (κ3) is 5.14. The molecule has 1 aromatic rings. The van der Waals surface area contributed by atoms with E-state index in [1.165, 1.54) is 0 Å². The molecule has 0 bridgehead atoms. The van der Waals surface area contributed by atoms with Crippen LogP contribution in [0.4, 0.5) is 0 Å². The molecule has 0 saturated carbocycles. The summed E-state index contributed by atoms with van der Waals surface area (Å²) in [6, 6.07) is 4.05. The van der Waals surface area contributed by atoms with E-state index in [-0.39, 0.29) is 0 Å². The maximum atomic E-state index is 5.65. The summed E-state index contributed by atoms with van der Waals surface area (Å²) in [6.45, 7) is 8.55. The molecule has 3 nitrogen and oxygen atoms in total. The Morgan fingerprint density at radius 3 is 2.68 bits per heavy atom. The number of benzene rings is 1. The highest BCUT2D eigenvalue weighted by Gasteiger charge is 2.11. The van der Waals surface area contributed by atoms with Gasteiger partial charge in [-0.1, -0.05) is 12.8 Å². The zero-order chi connectivity index (χ0) is 14.1. The molecule has 19 heavy (non-hydrogen) atoms. The van der Waals surface area contributed by atoms with Gasteiger partial charge in [0.25, 0.3) is 0 Å². The Kier molecular flexibility index (Phi) is 7.39. The van der Waals surface area contributed by atoms with Gasteiger partial charge in [0.2, 0.25) is 0 Å². The first-order valence-electron chi connectivity index (χ1n) is 6.41. The van der Waals surface area contributed by atoms with E-state index in [9.17, 15) is 0 Å².